The zero-order chi connectivity index (χ0) is 12.8. The second-order valence-electron chi connectivity index (χ2n) is 4.96. The molecule has 0 aliphatic carbocycles. The van der Waals surface area contributed by atoms with E-state index in [0.717, 1.165) is 6.33 Å². The zero-order valence-corrected chi connectivity index (χ0v) is 10.9. The van der Waals surface area contributed by atoms with E-state index >= 15 is 0 Å². The van der Waals surface area contributed by atoms with E-state index in [1.165, 1.54) is 0 Å². The maximum Gasteiger partial charge on any atom is 0.502 e. The summed E-state index contributed by atoms with van der Waals surface area (Å²) in [5.41, 5.74) is -1.06. The van der Waals surface area contributed by atoms with Crippen LogP contribution in [0.15, 0.2) is 6.33 Å². The van der Waals surface area contributed by atoms with E-state index in [4.69, 9.17) is 20.9 Å². The molecule has 1 aliphatic heterocycles. The minimum absolute atomic E-state index is 0.0102. The van der Waals surface area contributed by atoms with Crippen molar-refractivity contribution in [2.24, 2.45) is 0 Å². The molecule has 7 heteroatoms. The summed E-state index contributed by atoms with van der Waals surface area (Å²) in [5, 5.41) is 0.0102. The van der Waals surface area contributed by atoms with Gasteiger partial charge >= 0.3 is 7.12 Å². The van der Waals surface area contributed by atoms with Gasteiger partial charge < -0.3 is 9.31 Å². The van der Waals surface area contributed by atoms with Gasteiger partial charge in [0.1, 0.15) is 11.5 Å². The first-order chi connectivity index (χ1) is 7.74. The topological polar surface area (TPSA) is 44.2 Å². The van der Waals surface area contributed by atoms with Crippen molar-refractivity contribution in [2.45, 2.75) is 38.9 Å². The highest BCUT2D eigenvalue weighted by atomic mass is 35.5. The lowest BCUT2D eigenvalue weighted by Crippen LogP contribution is -2.41. The van der Waals surface area contributed by atoms with Gasteiger partial charge in [0.2, 0.25) is 5.95 Å². The van der Waals surface area contributed by atoms with Crippen molar-refractivity contribution in [2.75, 3.05) is 0 Å². The molecule has 1 aromatic heterocycles. The molecule has 0 amide bonds. The molecule has 0 N–H and O–H groups in total. The van der Waals surface area contributed by atoms with E-state index in [-0.39, 0.29) is 10.6 Å². The van der Waals surface area contributed by atoms with Crippen LogP contribution in [0.2, 0.25) is 5.15 Å². The molecule has 4 nitrogen and oxygen atoms in total. The second kappa shape index (κ2) is 3.90. The van der Waals surface area contributed by atoms with Crippen LogP contribution in [0.1, 0.15) is 27.7 Å². The van der Waals surface area contributed by atoms with Gasteiger partial charge in [-0.2, -0.15) is 4.39 Å². The molecule has 0 atom stereocenters. The van der Waals surface area contributed by atoms with Crippen LogP contribution in [0, 0.1) is 5.95 Å². The fraction of sp³-hybridized carbons (Fsp3) is 0.600. The Labute approximate surface area is 105 Å². The molecule has 0 radical (unpaired) electrons. The van der Waals surface area contributed by atoms with E-state index in [1.807, 2.05) is 27.7 Å². The molecule has 1 saturated heterocycles. The Balaban J connectivity index is 2.39. The van der Waals surface area contributed by atoms with Crippen LogP contribution in [-0.2, 0) is 9.31 Å². The van der Waals surface area contributed by atoms with E-state index in [9.17, 15) is 4.39 Å². The van der Waals surface area contributed by atoms with Gasteiger partial charge in [0.05, 0.1) is 16.7 Å². The molecular weight excluding hydrogens is 245 g/mol. The molecule has 0 aromatic carbocycles. The summed E-state index contributed by atoms with van der Waals surface area (Å²) in [4.78, 5) is 7.19. The van der Waals surface area contributed by atoms with E-state index in [0.29, 0.717) is 0 Å². The SMILES string of the molecule is CC1(C)OB(c2c(F)ncnc2Cl)OC1(C)C. The zero-order valence-electron chi connectivity index (χ0n) is 10.1. The fourth-order valence-corrected chi connectivity index (χ4v) is 1.72. The number of nitrogens with zero attached hydrogens (tertiary/aromatic N) is 2. The van der Waals surface area contributed by atoms with Crippen molar-refractivity contribution < 1.29 is 13.7 Å². The molecule has 2 heterocycles. The van der Waals surface area contributed by atoms with Crippen molar-refractivity contribution in [3.63, 3.8) is 0 Å². The molecule has 92 valence electrons. The number of halogens is 2. The van der Waals surface area contributed by atoms with Gasteiger partial charge in [0.15, 0.2) is 0 Å². The summed E-state index contributed by atoms with van der Waals surface area (Å²) < 4.78 is 25.0. The van der Waals surface area contributed by atoms with Crippen LogP contribution < -0.4 is 5.46 Å². The Morgan fingerprint density at radius 3 is 2.18 bits per heavy atom. The summed E-state index contributed by atoms with van der Waals surface area (Å²) in [6.45, 7) is 7.51. The van der Waals surface area contributed by atoms with Gasteiger partial charge in [-0.05, 0) is 27.7 Å². The normalized spacial score (nSPS) is 21.9. The predicted octanol–water partition coefficient (Wildman–Crippen LogP) is 1.57. The first-order valence-corrected chi connectivity index (χ1v) is 5.64. The molecule has 1 aliphatic rings. The molecule has 0 saturated carbocycles. The molecule has 1 aromatic rings. The number of rotatable bonds is 1. The largest absolute Gasteiger partial charge is 0.502 e. The van der Waals surface area contributed by atoms with Crippen LogP contribution in [0.4, 0.5) is 4.39 Å². The third-order valence-electron chi connectivity index (χ3n) is 3.28. The number of hydrogen-bond acceptors (Lipinski definition) is 4. The van der Waals surface area contributed by atoms with Crippen molar-refractivity contribution in [3.8, 4) is 0 Å². The minimum Gasteiger partial charge on any atom is -0.399 e. The van der Waals surface area contributed by atoms with Crippen LogP contribution >= 0.6 is 11.6 Å². The first-order valence-electron chi connectivity index (χ1n) is 5.26. The summed E-state index contributed by atoms with van der Waals surface area (Å²) in [7, 11) is -0.881. The third-order valence-corrected chi connectivity index (χ3v) is 3.58. The summed E-state index contributed by atoms with van der Waals surface area (Å²) in [6.07, 6.45) is 1.06. The molecular formula is C10H13BClFN2O2. The average molecular weight is 258 g/mol. The van der Waals surface area contributed by atoms with Crippen LogP contribution in [0.5, 0.6) is 0 Å². The highest BCUT2D eigenvalue weighted by molar-refractivity contribution is 6.65. The van der Waals surface area contributed by atoms with Gasteiger partial charge in [-0.3, -0.25) is 0 Å². The Morgan fingerprint density at radius 1 is 1.18 bits per heavy atom. The molecule has 0 unspecified atom stereocenters. The first kappa shape index (κ1) is 12.7. The Bertz CT molecular complexity index is 420. The van der Waals surface area contributed by atoms with Crippen molar-refractivity contribution in [1.29, 1.82) is 0 Å². The predicted molar refractivity (Wildman–Crippen MR) is 62.7 cm³/mol. The fourth-order valence-electron chi connectivity index (χ4n) is 1.51. The number of aromatic nitrogens is 2. The van der Waals surface area contributed by atoms with Crippen molar-refractivity contribution >= 4 is 24.2 Å². The molecule has 2 rings (SSSR count). The monoisotopic (exact) mass is 258 g/mol. The quantitative estimate of drug-likeness (QED) is 0.566. The van der Waals surface area contributed by atoms with Crippen molar-refractivity contribution in [1.82, 2.24) is 9.97 Å². The van der Waals surface area contributed by atoms with Gasteiger partial charge in [0, 0.05) is 0 Å². The Morgan fingerprint density at radius 2 is 1.71 bits per heavy atom. The average Bonchev–Trinajstić information content (AvgIpc) is 2.35. The molecule has 0 bridgehead atoms. The van der Waals surface area contributed by atoms with Gasteiger partial charge in [-0.25, -0.2) is 9.97 Å². The van der Waals surface area contributed by atoms with Gasteiger partial charge in [-0.15, -0.1) is 0 Å². The maximum absolute atomic E-state index is 13.6. The lowest BCUT2D eigenvalue weighted by molar-refractivity contribution is 0.00578. The smallest absolute Gasteiger partial charge is 0.399 e. The molecule has 1 fully saturated rings. The van der Waals surface area contributed by atoms with Crippen molar-refractivity contribution in [3.05, 3.63) is 17.4 Å². The van der Waals surface area contributed by atoms with Crippen LogP contribution in [0.25, 0.3) is 0 Å². The Kier molecular flexibility index (Phi) is 2.92. The standard InChI is InChI=1S/C10H13BClFN2O2/c1-9(2)10(3,4)17-11(16-9)6-7(12)14-5-15-8(6)13/h5H,1-4H3. The lowest BCUT2D eigenvalue weighted by Gasteiger charge is -2.32. The van der Waals surface area contributed by atoms with E-state index < -0.39 is 24.3 Å². The lowest BCUT2D eigenvalue weighted by atomic mass is 9.81. The summed E-state index contributed by atoms with van der Waals surface area (Å²) in [5.74, 6) is -0.719. The van der Waals surface area contributed by atoms with E-state index in [2.05, 4.69) is 9.97 Å². The Hall–Kier alpha value is -0.715. The third kappa shape index (κ3) is 2.05. The highest BCUT2D eigenvalue weighted by Crippen LogP contribution is 2.36. The van der Waals surface area contributed by atoms with Crippen LogP contribution in [0.3, 0.4) is 0 Å². The molecule has 0 spiro atoms. The van der Waals surface area contributed by atoms with Gasteiger partial charge in [-0.1, -0.05) is 11.6 Å². The highest BCUT2D eigenvalue weighted by Gasteiger charge is 2.53. The summed E-state index contributed by atoms with van der Waals surface area (Å²) in [6, 6.07) is 0. The number of hydrogen-bond donors (Lipinski definition) is 0. The summed E-state index contributed by atoms with van der Waals surface area (Å²) >= 11 is 5.84. The maximum atomic E-state index is 13.6. The second-order valence-corrected chi connectivity index (χ2v) is 5.32. The van der Waals surface area contributed by atoms with Gasteiger partial charge in [0.25, 0.3) is 0 Å². The molecule has 17 heavy (non-hydrogen) atoms. The van der Waals surface area contributed by atoms with Crippen LogP contribution in [-0.4, -0.2) is 28.3 Å². The minimum atomic E-state index is -0.881. The van der Waals surface area contributed by atoms with E-state index in [1.54, 1.807) is 0 Å².